The minimum absolute atomic E-state index is 0.0151. The van der Waals surface area contributed by atoms with Crippen LogP contribution in [0.15, 0.2) is 46.3 Å². The number of benzene rings is 1. The lowest BCUT2D eigenvalue weighted by Gasteiger charge is -2.18. The maximum absolute atomic E-state index is 12.4. The van der Waals surface area contributed by atoms with Crippen LogP contribution in [-0.4, -0.2) is 12.5 Å². The molecule has 1 aromatic carbocycles. The summed E-state index contributed by atoms with van der Waals surface area (Å²) in [5, 5.41) is 3.02. The molecule has 1 aromatic heterocycles. The number of halogens is 1. The van der Waals surface area contributed by atoms with Crippen LogP contribution in [0.25, 0.3) is 0 Å². The smallest absolute Gasteiger partial charge is 0.226 e. The lowest BCUT2D eigenvalue weighted by molar-refractivity contribution is -0.125. The van der Waals surface area contributed by atoms with E-state index in [2.05, 4.69) is 32.1 Å². The van der Waals surface area contributed by atoms with Gasteiger partial charge in [-0.05, 0) is 33.6 Å². The zero-order valence-corrected chi connectivity index (χ0v) is 13.7. The molecule has 21 heavy (non-hydrogen) atoms. The first kappa shape index (κ1) is 14.7. The van der Waals surface area contributed by atoms with Crippen molar-refractivity contribution in [1.29, 1.82) is 0 Å². The summed E-state index contributed by atoms with van der Waals surface area (Å²) in [4.78, 5) is 13.6. The van der Waals surface area contributed by atoms with Gasteiger partial charge in [0, 0.05) is 11.4 Å². The Hall–Kier alpha value is -1.21. The van der Waals surface area contributed by atoms with E-state index in [1.165, 1.54) is 0 Å². The Morgan fingerprint density at radius 1 is 1.29 bits per heavy atom. The van der Waals surface area contributed by atoms with Crippen molar-refractivity contribution in [2.24, 2.45) is 5.92 Å². The predicted molar refractivity (Wildman–Crippen MR) is 87.7 cm³/mol. The number of carbonyl (C=O) groups excluding carboxylic acids is 1. The van der Waals surface area contributed by atoms with E-state index in [0.717, 1.165) is 14.2 Å². The number of hydrogen-bond donors (Lipinski definition) is 3. The number of hydrogen-bond acceptors (Lipinski definition) is 4. The fourth-order valence-electron chi connectivity index (χ4n) is 2.47. The van der Waals surface area contributed by atoms with E-state index in [1.807, 2.05) is 42.5 Å². The molecule has 6 heteroatoms. The van der Waals surface area contributed by atoms with Crippen LogP contribution in [0.4, 0.5) is 0 Å². The lowest BCUT2D eigenvalue weighted by atomic mass is 9.94. The highest BCUT2D eigenvalue weighted by molar-refractivity contribution is 9.11. The summed E-state index contributed by atoms with van der Waals surface area (Å²) in [6.45, 7) is 1.21. The summed E-state index contributed by atoms with van der Waals surface area (Å²) >= 11 is 5.07. The Balaban J connectivity index is 1.63. The average Bonchev–Trinajstić information content (AvgIpc) is 3.14. The molecular formula is C15H16BrN3OS. The van der Waals surface area contributed by atoms with Gasteiger partial charge in [0.05, 0.1) is 22.3 Å². The SMILES string of the molecule is O=C(NCc1ccc(Br)s1)C1CNNC1c1ccccc1. The molecule has 1 saturated heterocycles. The first-order valence-corrected chi connectivity index (χ1v) is 8.40. The molecule has 0 bridgehead atoms. The van der Waals surface area contributed by atoms with Crippen molar-refractivity contribution in [2.45, 2.75) is 12.6 Å². The minimum atomic E-state index is -0.101. The van der Waals surface area contributed by atoms with Crippen molar-refractivity contribution in [3.8, 4) is 0 Å². The van der Waals surface area contributed by atoms with Crippen LogP contribution in [0, 0.1) is 5.92 Å². The van der Waals surface area contributed by atoms with Crippen LogP contribution < -0.4 is 16.2 Å². The van der Waals surface area contributed by atoms with Crippen molar-refractivity contribution in [3.05, 3.63) is 56.7 Å². The van der Waals surface area contributed by atoms with Crippen LogP contribution in [0.2, 0.25) is 0 Å². The molecule has 0 saturated carbocycles. The Bertz CT molecular complexity index is 616. The number of hydrazine groups is 1. The first-order valence-electron chi connectivity index (χ1n) is 6.79. The fraction of sp³-hybridized carbons (Fsp3) is 0.267. The summed E-state index contributed by atoms with van der Waals surface area (Å²) in [5.74, 6) is -0.0262. The molecule has 2 atom stereocenters. The number of rotatable bonds is 4. The van der Waals surface area contributed by atoms with Gasteiger partial charge in [-0.2, -0.15) is 0 Å². The standard InChI is InChI=1S/C15H16BrN3OS/c16-13-7-6-11(21-13)8-17-15(20)12-9-18-19-14(12)10-4-2-1-3-5-10/h1-7,12,14,18-19H,8-9H2,(H,17,20). The second-order valence-electron chi connectivity index (χ2n) is 4.94. The number of nitrogens with one attached hydrogen (secondary N) is 3. The number of carbonyl (C=O) groups is 1. The Morgan fingerprint density at radius 2 is 2.10 bits per heavy atom. The van der Waals surface area contributed by atoms with E-state index in [4.69, 9.17) is 0 Å². The normalized spacial score (nSPS) is 21.4. The van der Waals surface area contributed by atoms with E-state index in [0.29, 0.717) is 13.1 Å². The summed E-state index contributed by atoms with van der Waals surface area (Å²) < 4.78 is 1.08. The van der Waals surface area contributed by atoms with Gasteiger partial charge in [0.2, 0.25) is 5.91 Å². The zero-order chi connectivity index (χ0) is 14.7. The van der Waals surface area contributed by atoms with Gasteiger partial charge < -0.3 is 5.32 Å². The van der Waals surface area contributed by atoms with Crippen molar-refractivity contribution in [2.75, 3.05) is 6.54 Å². The molecule has 0 aliphatic carbocycles. The molecule has 1 aliphatic rings. The summed E-state index contributed by atoms with van der Waals surface area (Å²) in [6.07, 6.45) is 0. The van der Waals surface area contributed by atoms with Crippen LogP contribution in [0.5, 0.6) is 0 Å². The lowest BCUT2D eigenvalue weighted by Crippen LogP contribution is -2.34. The third-order valence-corrected chi connectivity index (χ3v) is 5.17. The Labute approximate surface area is 136 Å². The maximum Gasteiger partial charge on any atom is 0.226 e. The van der Waals surface area contributed by atoms with Crippen molar-refractivity contribution in [1.82, 2.24) is 16.2 Å². The van der Waals surface area contributed by atoms with Gasteiger partial charge >= 0.3 is 0 Å². The minimum Gasteiger partial charge on any atom is -0.351 e. The second-order valence-corrected chi connectivity index (χ2v) is 7.49. The van der Waals surface area contributed by atoms with E-state index in [1.54, 1.807) is 11.3 Å². The van der Waals surface area contributed by atoms with Crippen molar-refractivity contribution >= 4 is 33.2 Å². The molecule has 2 aromatic rings. The first-order chi connectivity index (χ1) is 10.2. The molecule has 2 unspecified atom stereocenters. The summed E-state index contributed by atoms with van der Waals surface area (Å²) in [6, 6.07) is 14.1. The summed E-state index contributed by atoms with van der Waals surface area (Å²) in [5.41, 5.74) is 7.41. The van der Waals surface area contributed by atoms with Gasteiger partial charge in [-0.3, -0.25) is 10.2 Å². The van der Waals surface area contributed by atoms with Gasteiger partial charge in [0.15, 0.2) is 0 Å². The molecule has 4 nitrogen and oxygen atoms in total. The highest BCUT2D eigenvalue weighted by Gasteiger charge is 2.33. The quantitative estimate of drug-likeness (QED) is 0.780. The van der Waals surface area contributed by atoms with Crippen LogP contribution in [0.3, 0.4) is 0 Å². The molecule has 0 radical (unpaired) electrons. The maximum atomic E-state index is 12.4. The molecule has 1 aliphatic heterocycles. The van der Waals surface area contributed by atoms with Crippen LogP contribution in [-0.2, 0) is 11.3 Å². The van der Waals surface area contributed by atoms with E-state index >= 15 is 0 Å². The molecule has 3 rings (SSSR count). The molecule has 1 amide bonds. The van der Waals surface area contributed by atoms with Crippen molar-refractivity contribution < 1.29 is 4.79 Å². The molecule has 3 N–H and O–H groups in total. The van der Waals surface area contributed by atoms with Crippen molar-refractivity contribution in [3.63, 3.8) is 0 Å². The molecule has 2 heterocycles. The van der Waals surface area contributed by atoms with Gasteiger partial charge in [-0.1, -0.05) is 30.3 Å². The largest absolute Gasteiger partial charge is 0.351 e. The third kappa shape index (κ3) is 3.52. The van der Waals surface area contributed by atoms with Gasteiger partial charge in [0.25, 0.3) is 0 Å². The van der Waals surface area contributed by atoms with Crippen LogP contribution in [0.1, 0.15) is 16.5 Å². The topological polar surface area (TPSA) is 53.2 Å². The van der Waals surface area contributed by atoms with Gasteiger partial charge in [0.1, 0.15) is 0 Å². The highest BCUT2D eigenvalue weighted by atomic mass is 79.9. The predicted octanol–water partition coefficient (Wildman–Crippen LogP) is 2.59. The molecular weight excluding hydrogens is 350 g/mol. The fourth-order valence-corrected chi connectivity index (χ4v) is 3.89. The van der Waals surface area contributed by atoms with Gasteiger partial charge in [-0.15, -0.1) is 11.3 Å². The third-order valence-electron chi connectivity index (χ3n) is 3.54. The highest BCUT2D eigenvalue weighted by Crippen LogP contribution is 2.25. The number of amides is 1. The monoisotopic (exact) mass is 365 g/mol. The van der Waals surface area contributed by atoms with Gasteiger partial charge in [-0.25, -0.2) is 5.43 Å². The Kier molecular flexibility index (Phi) is 4.70. The van der Waals surface area contributed by atoms with E-state index in [-0.39, 0.29) is 17.9 Å². The Morgan fingerprint density at radius 3 is 2.81 bits per heavy atom. The van der Waals surface area contributed by atoms with E-state index < -0.39 is 0 Å². The molecule has 0 spiro atoms. The zero-order valence-electron chi connectivity index (χ0n) is 11.3. The van der Waals surface area contributed by atoms with E-state index in [9.17, 15) is 4.79 Å². The second kappa shape index (κ2) is 6.70. The molecule has 110 valence electrons. The summed E-state index contributed by atoms with van der Waals surface area (Å²) in [7, 11) is 0. The average molecular weight is 366 g/mol. The number of thiophene rings is 1. The van der Waals surface area contributed by atoms with Crippen LogP contribution >= 0.6 is 27.3 Å². The molecule has 1 fully saturated rings.